The molecule has 0 saturated heterocycles. The first-order chi connectivity index (χ1) is 32.2. The molecule has 0 radical (unpaired) electrons. The highest BCUT2D eigenvalue weighted by Gasteiger charge is 2.20. The molecule has 4 nitrogen and oxygen atoms in total. The van der Waals surface area contributed by atoms with E-state index in [9.17, 15) is 15.0 Å². The molecule has 0 heterocycles. The highest BCUT2D eigenvalue weighted by atomic mass is 16.3. The molecule has 0 aromatic carbocycles. The number of amides is 1. The molecule has 380 valence electrons. The summed E-state index contributed by atoms with van der Waals surface area (Å²) in [5, 5.41) is 23.4. The molecule has 1 amide bonds. The van der Waals surface area contributed by atoms with Gasteiger partial charge in [0.2, 0.25) is 5.91 Å². The van der Waals surface area contributed by atoms with Crippen molar-refractivity contribution in [3.63, 3.8) is 0 Å². The van der Waals surface area contributed by atoms with Gasteiger partial charge in [0.1, 0.15) is 0 Å². The molecule has 0 fully saturated rings. The Morgan fingerprint density at radius 2 is 0.677 bits per heavy atom. The predicted octanol–water partition coefficient (Wildman–Crippen LogP) is 19.2. The van der Waals surface area contributed by atoms with Gasteiger partial charge in [-0.1, -0.05) is 299 Å². The third-order valence-electron chi connectivity index (χ3n) is 13.3. The van der Waals surface area contributed by atoms with E-state index in [-0.39, 0.29) is 12.5 Å². The Balaban J connectivity index is 3.45. The summed E-state index contributed by atoms with van der Waals surface area (Å²) in [7, 11) is 0. The second-order valence-electron chi connectivity index (χ2n) is 19.7. The highest BCUT2D eigenvalue weighted by Crippen LogP contribution is 2.18. The summed E-state index contributed by atoms with van der Waals surface area (Å²) in [6.07, 6.45) is 79.3. The summed E-state index contributed by atoms with van der Waals surface area (Å²) in [5.74, 6) is -0.0281. The summed E-state index contributed by atoms with van der Waals surface area (Å²) >= 11 is 0. The van der Waals surface area contributed by atoms with Crippen LogP contribution >= 0.6 is 0 Å². The Bertz CT molecular complexity index is 1070. The van der Waals surface area contributed by atoms with E-state index in [1.54, 1.807) is 0 Å². The summed E-state index contributed by atoms with van der Waals surface area (Å²) in [6.45, 7) is 4.27. The first-order valence-electron chi connectivity index (χ1n) is 29.0. The Kier molecular flexibility index (Phi) is 54.8. The van der Waals surface area contributed by atoms with E-state index in [0.29, 0.717) is 12.8 Å². The van der Waals surface area contributed by atoms with Crippen molar-refractivity contribution in [3.05, 3.63) is 60.8 Å². The molecule has 0 bridgehead atoms. The molecule has 0 rings (SSSR count). The molecule has 3 N–H and O–H groups in total. The minimum absolute atomic E-state index is 0.0281. The Hall–Kier alpha value is -1.91. The quantitative estimate of drug-likeness (QED) is 0.0421. The fourth-order valence-electron chi connectivity index (χ4n) is 8.92. The normalized spacial score (nSPS) is 13.2. The maximum atomic E-state index is 12.5. The van der Waals surface area contributed by atoms with E-state index in [2.05, 4.69) is 79.9 Å². The summed E-state index contributed by atoms with van der Waals surface area (Å²) in [5.41, 5.74) is 0. The summed E-state index contributed by atoms with van der Waals surface area (Å²) < 4.78 is 0. The number of carbonyl (C=O) groups excluding carboxylic acids is 1. The third-order valence-corrected chi connectivity index (χ3v) is 13.3. The van der Waals surface area contributed by atoms with Crippen LogP contribution in [-0.2, 0) is 4.79 Å². The summed E-state index contributed by atoms with van der Waals surface area (Å²) in [4.78, 5) is 12.5. The standard InChI is InChI=1S/C61H113NO3/c1-3-5-7-9-11-13-15-17-19-21-23-25-26-27-28-29-30-31-32-33-34-35-36-37-39-41-43-45-47-49-51-53-55-57-61(65)62-59(58-63)60(64)56-54-52-50-48-46-44-42-40-38-24-22-20-18-16-14-12-10-8-6-4-2/h5,7,11,13,17,19,23,25,27-28,59-60,63-64H,3-4,6,8-10,12,14-16,18,20-22,24,26,29-58H2,1-2H3,(H,62,65)/b7-5-,13-11-,19-17-,25-23-,28-27-. The van der Waals surface area contributed by atoms with Gasteiger partial charge in [-0.05, 0) is 57.8 Å². The number of hydrogen-bond donors (Lipinski definition) is 3. The van der Waals surface area contributed by atoms with Gasteiger partial charge in [0, 0.05) is 6.42 Å². The number of aliphatic hydroxyl groups excluding tert-OH is 2. The van der Waals surface area contributed by atoms with Crippen molar-refractivity contribution in [1.82, 2.24) is 5.32 Å². The molecule has 4 heteroatoms. The number of allylic oxidation sites excluding steroid dienone is 10. The Morgan fingerprint density at radius 1 is 0.385 bits per heavy atom. The maximum absolute atomic E-state index is 12.5. The Morgan fingerprint density at radius 3 is 1.02 bits per heavy atom. The lowest BCUT2D eigenvalue weighted by Crippen LogP contribution is -2.45. The lowest BCUT2D eigenvalue weighted by atomic mass is 10.0. The van der Waals surface area contributed by atoms with Crippen molar-refractivity contribution in [3.8, 4) is 0 Å². The highest BCUT2D eigenvalue weighted by molar-refractivity contribution is 5.76. The fourth-order valence-corrected chi connectivity index (χ4v) is 8.92. The van der Waals surface area contributed by atoms with E-state index < -0.39 is 12.1 Å². The molecule has 2 unspecified atom stereocenters. The van der Waals surface area contributed by atoms with E-state index in [0.717, 1.165) is 57.8 Å². The third kappa shape index (κ3) is 52.9. The molecule has 0 aliphatic rings. The zero-order valence-corrected chi connectivity index (χ0v) is 43.8. The smallest absolute Gasteiger partial charge is 0.220 e. The van der Waals surface area contributed by atoms with Crippen LogP contribution in [0.1, 0.15) is 303 Å². The molecule has 0 spiro atoms. The minimum atomic E-state index is -0.661. The maximum Gasteiger partial charge on any atom is 0.220 e. The van der Waals surface area contributed by atoms with Crippen molar-refractivity contribution in [2.24, 2.45) is 0 Å². The van der Waals surface area contributed by atoms with Gasteiger partial charge >= 0.3 is 0 Å². The number of carbonyl (C=O) groups is 1. The van der Waals surface area contributed by atoms with Crippen molar-refractivity contribution >= 4 is 5.91 Å². The number of aliphatic hydroxyl groups is 2. The van der Waals surface area contributed by atoms with E-state index in [1.807, 2.05) is 0 Å². The van der Waals surface area contributed by atoms with Gasteiger partial charge in [0.15, 0.2) is 0 Å². The number of hydrogen-bond acceptors (Lipinski definition) is 3. The van der Waals surface area contributed by atoms with E-state index in [1.165, 1.54) is 218 Å². The van der Waals surface area contributed by atoms with E-state index >= 15 is 0 Å². The molecule has 0 aliphatic carbocycles. The lowest BCUT2D eigenvalue weighted by molar-refractivity contribution is -0.123. The SMILES string of the molecule is CC/C=C\C/C=C\C/C=C\C/C=C\C/C=C\CCCCCCCCCCCCCCCCCCCC(=O)NC(CO)C(O)CCCCCCCCCCCCCCCCCCCCCC. The number of nitrogens with one attached hydrogen (secondary N) is 1. The van der Waals surface area contributed by atoms with Gasteiger partial charge < -0.3 is 15.5 Å². The summed E-state index contributed by atoms with van der Waals surface area (Å²) in [6, 6.07) is -0.538. The lowest BCUT2D eigenvalue weighted by Gasteiger charge is -2.22. The molecule has 2 atom stereocenters. The zero-order chi connectivity index (χ0) is 47.0. The first kappa shape index (κ1) is 63.1. The van der Waals surface area contributed by atoms with Crippen LogP contribution in [0.5, 0.6) is 0 Å². The largest absolute Gasteiger partial charge is 0.394 e. The van der Waals surface area contributed by atoms with Crippen LogP contribution in [0.25, 0.3) is 0 Å². The molecule has 0 aliphatic heterocycles. The number of unbranched alkanes of at least 4 members (excludes halogenated alkanes) is 36. The van der Waals surface area contributed by atoms with E-state index in [4.69, 9.17) is 0 Å². The van der Waals surface area contributed by atoms with Gasteiger partial charge in [0.05, 0.1) is 18.8 Å². The number of rotatable bonds is 53. The van der Waals surface area contributed by atoms with Gasteiger partial charge in [-0.2, -0.15) is 0 Å². The van der Waals surface area contributed by atoms with Crippen molar-refractivity contribution in [2.45, 2.75) is 315 Å². The topological polar surface area (TPSA) is 69.6 Å². The van der Waals surface area contributed by atoms with Crippen LogP contribution in [0.3, 0.4) is 0 Å². The van der Waals surface area contributed by atoms with Crippen LogP contribution in [-0.4, -0.2) is 34.9 Å². The second kappa shape index (κ2) is 56.4. The monoisotopic (exact) mass is 908 g/mol. The first-order valence-corrected chi connectivity index (χ1v) is 29.0. The van der Waals surface area contributed by atoms with Gasteiger partial charge in [-0.15, -0.1) is 0 Å². The minimum Gasteiger partial charge on any atom is -0.394 e. The molecular formula is C61H113NO3. The van der Waals surface area contributed by atoms with Crippen molar-refractivity contribution in [2.75, 3.05) is 6.61 Å². The second-order valence-corrected chi connectivity index (χ2v) is 19.7. The van der Waals surface area contributed by atoms with Crippen molar-refractivity contribution in [1.29, 1.82) is 0 Å². The predicted molar refractivity (Wildman–Crippen MR) is 290 cm³/mol. The van der Waals surface area contributed by atoms with Crippen LogP contribution in [0.15, 0.2) is 60.8 Å². The van der Waals surface area contributed by atoms with Crippen LogP contribution in [0.4, 0.5) is 0 Å². The molecule has 65 heavy (non-hydrogen) atoms. The van der Waals surface area contributed by atoms with Crippen molar-refractivity contribution < 1.29 is 15.0 Å². The van der Waals surface area contributed by atoms with Gasteiger partial charge in [0.25, 0.3) is 0 Å². The van der Waals surface area contributed by atoms with Crippen LogP contribution in [0.2, 0.25) is 0 Å². The molecule has 0 saturated carbocycles. The molecule has 0 aromatic rings. The van der Waals surface area contributed by atoms with Gasteiger partial charge in [-0.3, -0.25) is 4.79 Å². The molecule has 0 aromatic heterocycles. The Labute approximate surface area is 406 Å². The van der Waals surface area contributed by atoms with Gasteiger partial charge in [-0.25, -0.2) is 0 Å². The van der Waals surface area contributed by atoms with Crippen LogP contribution in [0, 0.1) is 0 Å². The average molecular weight is 909 g/mol. The average Bonchev–Trinajstić information content (AvgIpc) is 3.31. The zero-order valence-electron chi connectivity index (χ0n) is 43.8. The van der Waals surface area contributed by atoms with Crippen LogP contribution < -0.4 is 5.32 Å². The molecular weight excluding hydrogens is 795 g/mol. The fraction of sp³-hybridized carbons (Fsp3) is 0.820.